The molecule has 3 nitrogen and oxygen atoms in total. The molecule has 1 unspecified atom stereocenters. The summed E-state index contributed by atoms with van der Waals surface area (Å²) in [5.41, 5.74) is 6.84. The number of hydrogen-bond donors (Lipinski definition) is 1. The molecule has 15 heavy (non-hydrogen) atoms. The highest BCUT2D eigenvalue weighted by Gasteiger charge is 2.25. The first-order valence-corrected chi connectivity index (χ1v) is 5.27. The molecule has 0 amide bonds. The van der Waals surface area contributed by atoms with E-state index in [0.29, 0.717) is 6.04 Å². The number of rotatable bonds is 2. The van der Waals surface area contributed by atoms with E-state index >= 15 is 0 Å². The predicted molar refractivity (Wildman–Crippen MR) is 66.0 cm³/mol. The Balaban J connectivity index is 2.95. The fraction of sp³-hybridized carbons (Fsp3) is 0.583. The second kappa shape index (κ2) is 4.09. The number of nitrogens with zero attached hydrogens (tertiary/aromatic N) is 2. The highest BCUT2D eigenvalue weighted by Crippen LogP contribution is 2.28. The zero-order chi connectivity index (χ0) is 11.6. The minimum Gasteiger partial charge on any atom is -0.396 e. The Kier molecular flexibility index (Phi) is 3.22. The summed E-state index contributed by atoms with van der Waals surface area (Å²) >= 11 is 0. The van der Waals surface area contributed by atoms with Crippen LogP contribution in [0.1, 0.15) is 27.7 Å². The van der Waals surface area contributed by atoms with Gasteiger partial charge in [0.1, 0.15) is 0 Å². The van der Waals surface area contributed by atoms with Gasteiger partial charge in [-0.25, -0.2) is 4.98 Å². The van der Waals surface area contributed by atoms with Crippen LogP contribution < -0.4 is 10.6 Å². The minimum atomic E-state index is 0.207. The van der Waals surface area contributed by atoms with Gasteiger partial charge in [0.2, 0.25) is 0 Å². The van der Waals surface area contributed by atoms with Gasteiger partial charge in [-0.15, -0.1) is 0 Å². The standard InChI is InChI=1S/C12H21N3/c1-9(12(2,3)4)15(5)11-10(13)7-6-8-14-11/h6-9H,13H2,1-5H3. The zero-order valence-corrected chi connectivity index (χ0v) is 10.3. The van der Waals surface area contributed by atoms with Crippen molar-refractivity contribution in [1.29, 1.82) is 0 Å². The molecule has 1 heterocycles. The molecule has 3 heteroatoms. The summed E-state index contributed by atoms with van der Waals surface area (Å²) in [6.45, 7) is 8.84. The van der Waals surface area contributed by atoms with E-state index in [1.807, 2.05) is 19.2 Å². The average Bonchev–Trinajstić information content (AvgIpc) is 2.15. The van der Waals surface area contributed by atoms with Gasteiger partial charge in [-0.05, 0) is 24.5 Å². The van der Waals surface area contributed by atoms with E-state index in [9.17, 15) is 0 Å². The van der Waals surface area contributed by atoms with Crippen LogP contribution in [0, 0.1) is 5.41 Å². The lowest BCUT2D eigenvalue weighted by Crippen LogP contribution is -2.40. The van der Waals surface area contributed by atoms with Gasteiger partial charge in [0.15, 0.2) is 5.82 Å². The van der Waals surface area contributed by atoms with E-state index in [1.54, 1.807) is 6.20 Å². The monoisotopic (exact) mass is 207 g/mol. The molecule has 84 valence electrons. The fourth-order valence-corrected chi connectivity index (χ4v) is 1.47. The molecule has 0 aromatic carbocycles. The van der Waals surface area contributed by atoms with Gasteiger partial charge in [0.25, 0.3) is 0 Å². The maximum atomic E-state index is 5.90. The summed E-state index contributed by atoms with van der Waals surface area (Å²) in [5.74, 6) is 0.861. The molecule has 0 spiro atoms. The third kappa shape index (κ3) is 2.61. The van der Waals surface area contributed by atoms with Gasteiger partial charge in [-0.1, -0.05) is 20.8 Å². The Hall–Kier alpha value is -1.25. The Labute approximate surface area is 92.3 Å². The summed E-state index contributed by atoms with van der Waals surface area (Å²) in [7, 11) is 2.04. The molecule has 0 radical (unpaired) electrons. The Bertz CT molecular complexity index is 328. The van der Waals surface area contributed by atoms with Gasteiger partial charge in [0, 0.05) is 19.3 Å². The smallest absolute Gasteiger partial charge is 0.151 e. The number of anilines is 2. The normalized spacial score (nSPS) is 13.7. The van der Waals surface area contributed by atoms with Crippen LogP contribution in [0.5, 0.6) is 0 Å². The minimum absolute atomic E-state index is 0.207. The van der Waals surface area contributed by atoms with Crippen LogP contribution in [0.25, 0.3) is 0 Å². The highest BCUT2D eigenvalue weighted by molar-refractivity contribution is 5.62. The molecular formula is C12H21N3. The summed E-state index contributed by atoms with van der Waals surface area (Å²) in [5, 5.41) is 0. The Morgan fingerprint density at radius 2 is 2.00 bits per heavy atom. The highest BCUT2D eigenvalue weighted by atomic mass is 15.2. The van der Waals surface area contributed by atoms with Crippen LogP contribution in [0.15, 0.2) is 18.3 Å². The summed E-state index contributed by atoms with van der Waals surface area (Å²) in [4.78, 5) is 6.45. The van der Waals surface area contributed by atoms with Crippen LogP contribution in [-0.4, -0.2) is 18.1 Å². The Morgan fingerprint density at radius 1 is 1.40 bits per heavy atom. The lowest BCUT2D eigenvalue weighted by molar-refractivity contribution is 0.329. The van der Waals surface area contributed by atoms with Gasteiger partial charge in [-0.3, -0.25) is 0 Å². The SMILES string of the molecule is CC(N(C)c1ncccc1N)C(C)(C)C. The van der Waals surface area contributed by atoms with Crippen LogP contribution >= 0.6 is 0 Å². The van der Waals surface area contributed by atoms with Crippen molar-refractivity contribution in [2.75, 3.05) is 17.7 Å². The zero-order valence-electron chi connectivity index (χ0n) is 10.3. The quantitative estimate of drug-likeness (QED) is 0.810. The molecule has 0 saturated heterocycles. The number of nitrogens with two attached hydrogens (primary N) is 1. The van der Waals surface area contributed by atoms with Crippen molar-refractivity contribution in [2.45, 2.75) is 33.7 Å². The lowest BCUT2D eigenvalue weighted by atomic mass is 9.87. The van der Waals surface area contributed by atoms with Gasteiger partial charge in [0.05, 0.1) is 5.69 Å². The van der Waals surface area contributed by atoms with E-state index in [4.69, 9.17) is 5.73 Å². The largest absolute Gasteiger partial charge is 0.396 e. The first kappa shape index (κ1) is 11.8. The van der Waals surface area contributed by atoms with Crippen molar-refractivity contribution in [1.82, 2.24) is 4.98 Å². The predicted octanol–water partition coefficient (Wildman–Crippen LogP) is 2.53. The van der Waals surface area contributed by atoms with Crippen molar-refractivity contribution in [3.8, 4) is 0 Å². The molecule has 1 aromatic rings. The van der Waals surface area contributed by atoms with Crippen molar-refractivity contribution >= 4 is 11.5 Å². The third-order valence-corrected chi connectivity index (χ3v) is 2.99. The van der Waals surface area contributed by atoms with Crippen molar-refractivity contribution in [3.05, 3.63) is 18.3 Å². The molecule has 1 aromatic heterocycles. The maximum absolute atomic E-state index is 5.90. The van der Waals surface area contributed by atoms with Crippen LogP contribution in [0.4, 0.5) is 11.5 Å². The van der Waals surface area contributed by atoms with Crippen LogP contribution in [0.2, 0.25) is 0 Å². The molecule has 0 saturated carbocycles. The summed E-state index contributed by atoms with van der Waals surface area (Å²) in [6.07, 6.45) is 1.78. The van der Waals surface area contributed by atoms with Crippen LogP contribution in [0.3, 0.4) is 0 Å². The second-order valence-corrected chi connectivity index (χ2v) is 5.07. The fourth-order valence-electron chi connectivity index (χ4n) is 1.47. The van der Waals surface area contributed by atoms with Crippen LogP contribution in [-0.2, 0) is 0 Å². The molecule has 2 N–H and O–H groups in total. The van der Waals surface area contributed by atoms with E-state index in [1.165, 1.54) is 0 Å². The lowest BCUT2D eigenvalue weighted by Gasteiger charge is -2.36. The molecule has 0 bridgehead atoms. The number of pyridine rings is 1. The maximum Gasteiger partial charge on any atom is 0.151 e. The number of nitrogen functional groups attached to an aromatic ring is 1. The molecule has 0 aliphatic rings. The number of aromatic nitrogens is 1. The molecule has 0 aliphatic heterocycles. The average molecular weight is 207 g/mol. The van der Waals surface area contributed by atoms with Gasteiger partial charge in [-0.2, -0.15) is 0 Å². The molecule has 0 fully saturated rings. The van der Waals surface area contributed by atoms with Gasteiger partial charge >= 0.3 is 0 Å². The van der Waals surface area contributed by atoms with E-state index in [0.717, 1.165) is 11.5 Å². The Morgan fingerprint density at radius 3 is 2.47 bits per heavy atom. The molecule has 1 atom stereocenters. The summed E-state index contributed by atoms with van der Waals surface area (Å²) < 4.78 is 0. The topological polar surface area (TPSA) is 42.2 Å². The first-order valence-electron chi connectivity index (χ1n) is 5.27. The number of hydrogen-bond acceptors (Lipinski definition) is 3. The molecule has 1 rings (SSSR count). The van der Waals surface area contributed by atoms with Crippen molar-refractivity contribution in [3.63, 3.8) is 0 Å². The van der Waals surface area contributed by atoms with E-state index in [2.05, 4.69) is 37.6 Å². The summed E-state index contributed by atoms with van der Waals surface area (Å²) in [6, 6.07) is 4.12. The third-order valence-electron chi connectivity index (χ3n) is 2.99. The molecule has 0 aliphatic carbocycles. The van der Waals surface area contributed by atoms with E-state index < -0.39 is 0 Å². The van der Waals surface area contributed by atoms with Crippen molar-refractivity contribution < 1.29 is 0 Å². The van der Waals surface area contributed by atoms with Gasteiger partial charge < -0.3 is 10.6 Å². The van der Waals surface area contributed by atoms with Crippen molar-refractivity contribution in [2.24, 2.45) is 5.41 Å². The van der Waals surface area contributed by atoms with E-state index in [-0.39, 0.29) is 5.41 Å². The molecular weight excluding hydrogens is 186 g/mol. The second-order valence-electron chi connectivity index (χ2n) is 5.07. The first-order chi connectivity index (χ1) is 6.84.